The topological polar surface area (TPSA) is 66.0 Å². The Morgan fingerprint density at radius 2 is 2.26 bits per heavy atom. The number of nitrogens with zero attached hydrogens (tertiary/aromatic N) is 3. The first-order chi connectivity index (χ1) is 9.21. The number of benzene rings is 1. The van der Waals surface area contributed by atoms with Gasteiger partial charge in [0.15, 0.2) is 0 Å². The summed E-state index contributed by atoms with van der Waals surface area (Å²) in [5.41, 5.74) is 8.13. The molecule has 2 N–H and O–H groups in total. The number of hydrogen-bond acceptors (Lipinski definition) is 4. The number of hydrogen-bond donors (Lipinski definition) is 1. The second kappa shape index (κ2) is 4.66. The molecule has 0 saturated carbocycles. The molecular formula is C14H18N4O. The third kappa shape index (κ3) is 2.33. The van der Waals surface area contributed by atoms with Gasteiger partial charge in [0.2, 0.25) is 0 Å². The van der Waals surface area contributed by atoms with Crippen molar-refractivity contribution in [3.63, 3.8) is 0 Å². The second-order valence-corrected chi connectivity index (χ2v) is 5.34. The number of aromatic nitrogens is 3. The molecule has 2 heterocycles. The van der Waals surface area contributed by atoms with E-state index in [1.165, 1.54) is 5.56 Å². The van der Waals surface area contributed by atoms with E-state index in [2.05, 4.69) is 16.4 Å². The fourth-order valence-corrected chi connectivity index (χ4v) is 2.65. The minimum atomic E-state index is -0.0790. The Morgan fingerprint density at radius 3 is 3.00 bits per heavy atom. The van der Waals surface area contributed by atoms with Crippen LogP contribution in [0.4, 0.5) is 0 Å². The Labute approximate surface area is 112 Å². The van der Waals surface area contributed by atoms with Crippen LogP contribution < -0.4 is 10.5 Å². The molecule has 1 aliphatic heterocycles. The number of ether oxygens (including phenoxy) is 1. The summed E-state index contributed by atoms with van der Waals surface area (Å²) in [6.07, 6.45) is 3.67. The van der Waals surface area contributed by atoms with Crippen LogP contribution in [0.1, 0.15) is 11.3 Å². The SMILES string of the molecule is Cn1cc(CC2(CN)COc3ccccc3C2)nn1. The molecule has 0 radical (unpaired) electrons. The van der Waals surface area contributed by atoms with Crippen molar-refractivity contribution < 1.29 is 4.74 Å². The van der Waals surface area contributed by atoms with E-state index in [4.69, 9.17) is 10.5 Å². The molecule has 0 saturated heterocycles. The van der Waals surface area contributed by atoms with E-state index in [9.17, 15) is 0 Å². The Morgan fingerprint density at radius 1 is 1.42 bits per heavy atom. The van der Waals surface area contributed by atoms with Gasteiger partial charge in [-0.1, -0.05) is 23.4 Å². The Hall–Kier alpha value is -1.88. The summed E-state index contributed by atoms with van der Waals surface area (Å²) in [6.45, 7) is 1.22. The fourth-order valence-electron chi connectivity index (χ4n) is 2.65. The third-order valence-electron chi connectivity index (χ3n) is 3.71. The molecule has 3 rings (SSSR count). The maximum atomic E-state index is 6.02. The van der Waals surface area contributed by atoms with Gasteiger partial charge in [0.1, 0.15) is 5.75 Å². The lowest BCUT2D eigenvalue weighted by molar-refractivity contribution is 0.125. The molecule has 0 amide bonds. The highest BCUT2D eigenvalue weighted by Crippen LogP contribution is 2.35. The molecule has 19 heavy (non-hydrogen) atoms. The van der Waals surface area contributed by atoms with Gasteiger partial charge in [0.25, 0.3) is 0 Å². The summed E-state index contributed by atoms with van der Waals surface area (Å²) in [6, 6.07) is 8.15. The average Bonchev–Trinajstić information content (AvgIpc) is 2.84. The van der Waals surface area contributed by atoms with E-state index in [1.54, 1.807) is 4.68 Å². The molecule has 1 aromatic carbocycles. The smallest absolute Gasteiger partial charge is 0.122 e. The van der Waals surface area contributed by atoms with Crippen LogP contribution in [0.3, 0.4) is 0 Å². The minimum absolute atomic E-state index is 0.0790. The van der Waals surface area contributed by atoms with Crippen molar-refractivity contribution in [1.29, 1.82) is 0 Å². The van der Waals surface area contributed by atoms with Crippen molar-refractivity contribution >= 4 is 0 Å². The Bertz CT molecular complexity index is 580. The standard InChI is InChI=1S/C14H18N4O/c1-18-8-12(16-17-18)7-14(9-15)6-11-4-2-3-5-13(11)19-10-14/h2-5,8H,6-7,9-10,15H2,1H3. The Balaban J connectivity index is 1.85. The normalized spacial score (nSPS) is 21.8. The van der Waals surface area contributed by atoms with Gasteiger partial charge in [-0.3, -0.25) is 4.68 Å². The van der Waals surface area contributed by atoms with Crippen molar-refractivity contribution in [2.45, 2.75) is 12.8 Å². The van der Waals surface area contributed by atoms with E-state index in [1.807, 2.05) is 31.4 Å². The summed E-state index contributed by atoms with van der Waals surface area (Å²) in [7, 11) is 1.87. The van der Waals surface area contributed by atoms with Crippen LogP contribution in [0.2, 0.25) is 0 Å². The lowest BCUT2D eigenvalue weighted by atomic mass is 9.77. The van der Waals surface area contributed by atoms with Crippen LogP contribution >= 0.6 is 0 Å². The first kappa shape index (κ1) is 12.2. The van der Waals surface area contributed by atoms with Gasteiger partial charge in [-0.15, -0.1) is 5.10 Å². The highest BCUT2D eigenvalue weighted by Gasteiger charge is 2.35. The van der Waals surface area contributed by atoms with Crippen LogP contribution in [0, 0.1) is 5.41 Å². The molecule has 1 unspecified atom stereocenters. The van der Waals surface area contributed by atoms with Crippen molar-refractivity contribution in [3.05, 3.63) is 41.7 Å². The molecule has 1 aromatic heterocycles. The molecule has 5 heteroatoms. The lowest BCUT2D eigenvalue weighted by Gasteiger charge is -2.36. The van der Waals surface area contributed by atoms with Crippen molar-refractivity contribution in [1.82, 2.24) is 15.0 Å². The first-order valence-electron chi connectivity index (χ1n) is 6.47. The molecule has 0 aliphatic carbocycles. The van der Waals surface area contributed by atoms with E-state index in [0.717, 1.165) is 24.3 Å². The highest BCUT2D eigenvalue weighted by atomic mass is 16.5. The van der Waals surface area contributed by atoms with Gasteiger partial charge in [0, 0.05) is 31.6 Å². The highest BCUT2D eigenvalue weighted by molar-refractivity contribution is 5.36. The maximum Gasteiger partial charge on any atom is 0.122 e. The zero-order valence-electron chi connectivity index (χ0n) is 11.0. The molecule has 100 valence electrons. The number of aryl methyl sites for hydroxylation is 1. The fraction of sp³-hybridized carbons (Fsp3) is 0.429. The third-order valence-corrected chi connectivity index (χ3v) is 3.71. The number of fused-ring (bicyclic) bond motifs is 1. The largest absolute Gasteiger partial charge is 0.493 e. The molecule has 5 nitrogen and oxygen atoms in total. The summed E-state index contributed by atoms with van der Waals surface area (Å²) >= 11 is 0. The monoisotopic (exact) mass is 258 g/mol. The van der Waals surface area contributed by atoms with E-state index in [-0.39, 0.29) is 5.41 Å². The molecule has 2 aromatic rings. The van der Waals surface area contributed by atoms with Crippen LogP contribution in [-0.2, 0) is 19.9 Å². The summed E-state index contributed by atoms with van der Waals surface area (Å²) in [4.78, 5) is 0. The van der Waals surface area contributed by atoms with Gasteiger partial charge in [-0.2, -0.15) is 0 Å². The van der Waals surface area contributed by atoms with E-state index in [0.29, 0.717) is 13.2 Å². The molecule has 1 atom stereocenters. The lowest BCUT2D eigenvalue weighted by Crippen LogP contribution is -2.43. The number of nitrogens with two attached hydrogens (primary N) is 1. The second-order valence-electron chi connectivity index (χ2n) is 5.34. The van der Waals surface area contributed by atoms with E-state index < -0.39 is 0 Å². The predicted octanol–water partition coefficient (Wildman–Crippen LogP) is 0.938. The molecule has 0 spiro atoms. The van der Waals surface area contributed by atoms with Crippen molar-refractivity contribution in [2.75, 3.05) is 13.2 Å². The van der Waals surface area contributed by atoms with Gasteiger partial charge < -0.3 is 10.5 Å². The van der Waals surface area contributed by atoms with E-state index >= 15 is 0 Å². The van der Waals surface area contributed by atoms with Crippen molar-refractivity contribution in [3.8, 4) is 5.75 Å². The summed E-state index contributed by atoms with van der Waals surface area (Å²) in [5, 5.41) is 8.14. The maximum absolute atomic E-state index is 6.02. The quantitative estimate of drug-likeness (QED) is 0.889. The van der Waals surface area contributed by atoms with Gasteiger partial charge in [-0.05, 0) is 18.1 Å². The van der Waals surface area contributed by atoms with Crippen LogP contribution in [0.25, 0.3) is 0 Å². The van der Waals surface area contributed by atoms with Crippen LogP contribution in [0.5, 0.6) is 5.75 Å². The predicted molar refractivity (Wildman–Crippen MR) is 71.8 cm³/mol. The first-order valence-corrected chi connectivity index (χ1v) is 6.47. The summed E-state index contributed by atoms with van der Waals surface area (Å²) < 4.78 is 7.59. The zero-order valence-corrected chi connectivity index (χ0v) is 11.0. The summed E-state index contributed by atoms with van der Waals surface area (Å²) in [5.74, 6) is 0.978. The van der Waals surface area contributed by atoms with Crippen molar-refractivity contribution in [2.24, 2.45) is 18.2 Å². The van der Waals surface area contributed by atoms with Crippen LogP contribution in [-0.4, -0.2) is 28.1 Å². The Kier molecular flexibility index (Phi) is 2.98. The van der Waals surface area contributed by atoms with Gasteiger partial charge >= 0.3 is 0 Å². The number of para-hydroxylation sites is 1. The molecule has 0 bridgehead atoms. The molecular weight excluding hydrogens is 240 g/mol. The zero-order chi connectivity index (χ0) is 13.3. The average molecular weight is 258 g/mol. The molecule has 0 fully saturated rings. The number of rotatable bonds is 3. The minimum Gasteiger partial charge on any atom is -0.493 e. The molecule has 1 aliphatic rings. The van der Waals surface area contributed by atoms with Crippen LogP contribution in [0.15, 0.2) is 30.5 Å². The van der Waals surface area contributed by atoms with Gasteiger partial charge in [-0.25, -0.2) is 0 Å². The van der Waals surface area contributed by atoms with Gasteiger partial charge in [0.05, 0.1) is 12.3 Å².